The van der Waals surface area contributed by atoms with E-state index >= 15 is 0 Å². The van der Waals surface area contributed by atoms with Crippen molar-refractivity contribution in [1.29, 1.82) is 0 Å². The Morgan fingerprint density at radius 3 is 2.62 bits per heavy atom. The molecule has 0 aromatic carbocycles. The molecule has 0 aromatic heterocycles. The third kappa shape index (κ3) is 7.98. The fourth-order valence-corrected chi connectivity index (χ4v) is 3.25. The summed E-state index contributed by atoms with van der Waals surface area (Å²) in [6.45, 7) is 9.37. The van der Waals surface area contributed by atoms with Gasteiger partial charge in [-0.25, -0.2) is 5.48 Å². The minimum absolute atomic E-state index is 0.00969. The lowest BCUT2D eigenvalue weighted by molar-refractivity contribution is -0.117. The Balaban J connectivity index is 2.69. The van der Waals surface area contributed by atoms with Crippen LogP contribution >= 0.6 is 0 Å². The summed E-state index contributed by atoms with van der Waals surface area (Å²) in [4.78, 5) is 22.4. The van der Waals surface area contributed by atoms with E-state index in [1.54, 1.807) is 7.05 Å². The van der Waals surface area contributed by atoms with Gasteiger partial charge in [-0.2, -0.15) is 0 Å². The van der Waals surface area contributed by atoms with Crippen LogP contribution in [0, 0.1) is 11.3 Å². The van der Waals surface area contributed by atoms with Crippen molar-refractivity contribution in [1.82, 2.24) is 5.48 Å². The highest BCUT2D eigenvalue weighted by molar-refractivity contribution is 6.23. The fourth-order valence-electron chi connectivity index (χ4n) is 3.25. The first-order chi connectivity index (χ1) is 12.2. The Kier molecular flexibility index (Phi) is 9.47. The van der Waals surface area contributed by atoms with Crippen molar-refractivity contribution in [2.45, 2.75) is 72.3 Å². The van der Waals surface area contributed by atoms with Gasteiger partial charge in [0.2, 0.25) is 0 Å². The van der Waals surface area contributed by atoms with Crippen LogP contribution in [0.1, 0.15) is 66.2 Å². The zero-order valence-electron chi connectivity index (χ0n) is 17.1. The number of ketones is 1. The number of aliphatic hydroxyl groups excluding tert-OH is 1. The predicted molar refractivity (Wildman–Crippen MR) is 106 cm³/mol. The summed E-state index contributed by atoms with van der Waals surface area (Å²) in [5, 5.41) is 10.5. The van der Waals surface area contributed by atoms with Crippen molar-refractivity contribution in [2.75, 3.05) is 20.2 Å². The molecule has 0 fully saturated rings. The molecule has 0 saturated heterocycles. The number of nitrogens with zero attached hydrogens (tertiary/aromatic N) is 1. The van der Waals surface area contributed by atoms with E-state index in [0.29, 0.717) is 43.9 Å². The van der Waals surface area contributed by atoms with Crippen LogP contribution in [0.4, 0.5) is 0 Å². The number of hydrogen-bond acceptors (Lipinski definition) is 6. The maximum atomic E-state index is 12.6. The van der Waals surface area contributed by atoms with Crippen LogP contribution in [0.2, 0.25) is 0 Å². The molecule has 0 radical (unpaired) electrons. The number of allylic oxidation sites excluding steroid dienone is 2. The van der Waals surface area contributed by atoms with E-state index < -0.39 is 0 Å². The van der Waals surface area contributed by atoms with Crippen molar-refractivity contribution in [3.63, 3.8) is 0 Å². The average molecular weight is 368 g/mol. The number of carbonyl (C=O) groups is 1. The first-order valence-electron chi connectivity index (χ1n) is 9.69. The van der Waals surface area contributed by atoms with Gasteiger partial charge in [0.25, 0.3) is 0 Å². The molecule has 4 N–H and O–H groups in total. The van der Waals surface area contributed by atoms with Crippen molar-refractivity contribution in [3.8, 4) is 0 Å². The lowest BCUT2D eigenvalue weighted by Gasteiger charge is -2.30. The molecular weight excluding hydrogens is 330 g/mol. The molecule has 6 nitrogen and oxygen atoms in total. The van der Waals surface area contributed by atoms with Crippen LogP contribution in [-0.4, -0.2) is 42.8 Å². The van der Waals surface area contributed by atoms with Crippen molar-refractivity contribution < 1.29 is 14.7 Å². The normalized spacial score (nSPS) is 19.3. The highest BCUT2D eigenvalue weighted by Gasteiger charge is 2.35. The number of aliphatic hydroxyl groups is 1. The summed E-state index contributed by atoms with van der Waals surface area (Å²) >= 11 is 0. The van der Waals surface area contributed by atoms with E-state index in [9.17, 15) is 9.90 Å². The van der Waals surface area contributed by atoms with Gasteiger partial charge in [-0.15, -0.1) is 0 Å². The highest BCUT2D eigenvalue weighted by Crippen LogP contribution is 2.36. The molecule has 150 valence electrons. The van der Waals surface area contributed by atoms with Gasteiger partial charge in [0.05, 0.1) is 12.2 Å². The number of rotatable bonds is 11. The number of hydrogen-bond donors (Lipinski definition) is 3. The summed E-state index contributed by atoms with van der Waals surface area (Å²) in [5.41, 5.74) is 9.63. The first kappa shape index (κ1) is 22.8. The topological polar surface area (TPSA) is 96.9 Å². The minimum Gasteiger partial charge on any atom is -0.511 e. The Bertz CT molecular complexity index is 524. The van der Waals surface area contributed by atoms with Gasteiger partial charge in [-0.3, -0.25) is 9.79 Å². The lowest BCUT2D eigenvalue weighted by Crippen LogP contribution is -2.30. The van der Waals surface area contributed by atoms with Crippen LogP contribution in [0.15, 0.2) is 16.3 Å². The minimum atomic E-state index is -0.181. The van der Waals surface area contributed by atoms with Gasteiger partial charge in [-0.05, 0) is 37.0 Å². The van der Waals surface area contributed by atoms with E-state index in [4.69, 9.17) is 10.6 Å². The molecule has 6 heteroatoms. The van der Waals surface area contributed by atoms with Gasteiger partial charge in [-0.1, -0.05) is 27.7 Å². The fraction of sp³-hybridized carbons (Fsp3) is 0.800. The second-order valence-electron chi connectivity index (χ2n) is 8.46. The van der Waals surface area contributed by atoms with Crippen molar-refractivity contribution in [3.05, 3.63) is 11.3 Å². The van der Waals surface area contributed by atoms with E-state index in [2.05, 4.69) is 24.3 Å². The van der Waals surface area contributed by atoms with E-state index in [1.807, 2.05) is 13.8 Å². The number of carbonyl (C=O) groups excluding carboxylic acids is 1. The smallest absolute Gasteiger partial charge is 0.168 e. The molecule has 0 aromatic rings. The number of nitrogens with two attached hydrogens (primary N) is 1. The Morgan fingerprint density at radius 2 is 2.04 bits per heavy atom. The molecule has 0 heterocycles. The van der Waals surface area contributed by atoms with Gasteiger partial charge in [0, 0.05) is 38.2 Å². The van der Waals surface area contributed by atoms with Crippen LogP contribution < -0.4 is 11.2 Å². The maximum absolute atomic E-state index is 12.6. The molecule has 0 amide bonds. The molecule has 1 aliphatic rings. The Morgan fingerprint density at radius 1 is 1.35 bits per heavy atom. The summed E-state index contributed by atoms with van der Waals surface area (Å²) in [6.07, 6.45) is 4.44. The molecule has 0 aliphatic heterocycles. The third-order valence-corrected chi connectivity index (χ3v) is 4.47. The lowest BCUT2D eigenvalue weighted by atomic mass is 9.75. The average Bonchev–Trinajstić information content (AvgIpc) is 2.49. The number of nitrogens with one attached hydrogen (secondary N) is 1. The maximum Gasteiger partial charge on any atom is 0.168 e. The van der Waals surface area contributed by atoms with Crippen molar-refractivity contribution in [2.24, 2.45) is 22.1 Å². The van der Waals surface area contributed by atoms with Gasteiger partial charge < -0.3 is 15.7 Å². The first-order valence-corrected chi connectivity index (χ1v) is 9.69. The van der Waals surface area contributed by atoms with Gasteiger partial charge >= 0.3 is 0 Å². The van der Waals surface area contributed by atoms with E-state index in [1.165, 1.54) is 0 Å². The number of aliphatic imine (C=N–C) groups is 1. The van der Waals surface area contributed by atoms with Crippen LogP contribution in [0.3, 0.4) is 0 Å². The summed E-state index contributed by atoms with van der Waals surface area (Å²) in [5.74, 6) is 0.602. The van der Waals surface area contributed by atoms with Crippen LogP contribution in [0.5, 0.6) is 0 Å². The molecule has 0 saturated carbocycles. The van der Waals surface area contributed by atoms with E-state index in [-0.39, 0.29) is 23.0 Å². The number of hydroxylamine groups is 1. The third-order valence-electron chi connectivity index (χ3n) is 4.47. The van der Waals surface area contributed by atoms with Gasteiger partial charge in [0.1, 0.15) is 5.76 Å². The number of Topliss-reactive ketones (excluding diaryl/α,β-unsaturated/α-hetero) is 1. The van der Waals surface area contributed by atoms with Crippen LogP contribution in [-0.2, 0) is 9.63 Å². The molecule has 0 bridgehead atoms. The second-order valence-corrected chi connectivity index (χ2v) is 8.46. The standard InChI is InChI=1S/C20H37N3O3/c1-14(2)10-16(19-17(24)11-20(3,4)12-18(19)25)23-9-7-6-8-15(21)13-26-22-5/h14-15,22,24H,6-13,21H2,1-5H3/t15-/m0/s1. The molecule has 1 aliphatic carbocycles. The zero-order valence-corrected chi connectivity index (χ0v) is 17.1. The monoisotopic (exact) mass is 367 g/mol. The Hall–Kier alpha value is -1.24. The molecular formula is C20H37N3O3. The highest BCUT2D eigenvalue weighted by atomic mass is 16.6. The quantitative estimate of drug-likeness (QED) is 0.296. The predicted octanol–water partition coefficient (Wildman–Crippen LogP) is 3.32. The van der Waals surface area contributed by atoms with Crippen LogP contribution in [0.25, 0.3) is 0 Å². The van der Waals surface area contributed by atoms with Gasteiger partial charge in [0.15, 0.2) is 5.78 Å². The zero-order chi connectivity index (χ0) is 19.7. The summed E-state index contributed by atoms with van der Waals surface area (Å²) in [6, 6.07) is 0.00969. The SMILES string of the molecule is CNOC[C@@H](N)CCCCN=C(CC(C)C)C1=C(O)CC(C)(C)CC1=O. The van der Waals surface area contributed by atoms with Crippen molar-refractivity contribution >= 4 is 11.5 Å². The van der Waals surface area contributed by atoms with E-state index in [0.717, 1.165) is 25.0 Å². The molecule has 0 unspecified atom stereocenters. The molecule has 26 heavy (non-hydrogen) atoms. The molecule has 1 rings (SSSR count). The molecule has 0 spiro atoms. The number of unbranched alkanes of at least 4 members (excludes halogenated alkanes) is 1. The summed E-state index contributed by atoms with van der Waals surface area (Å²) < 4.78 is 0. The molecule has 1 atom stereocenters. The Labute approximate surface area is 158 Å². The largest absolute Gasteiger partial charge is 0.511 e. The summed E-state index contributed by atoms with van der Waals surface area (Å²) in [7, 11) is 1.72. The second kappa shape index (κ2) is 10.8.